The lowest BCUT2D eigenvalue weighted by molar-refractivity contribution is -0.389. The maximum Gasteiger partial charge on any atom is 0.389 e. The molecule has 0 aliphatic heterocycles. The summed E-state index contributed by atoms with van der Waals surface area (Å²) in [5.74, 6) is -0.100. The van der Waals surface area contributed by atoms with E-state index < -0.39 is 4.92 Å². The summed E-state index contributed by atoms with van der Waals surface area (Å²) in [5.41, 5.74) is 0. The van der Waals surface area contributed by atoms with Crippen molar-refractivity contribution in [3.63, 3.8) is 0 Å². The molecule has 13 heavy (non-hydrogen) atoms. The van der Waals surface area contributed by atoms with Gasteiger partial charge in [-0.1, -0.05) is 6.92 Å². The molecule has 6 heteroatoms. The third-order valence-electron chi connectivity index (χ3n) is 1.58. The van der Waals surface area contributed by atoms with Gasteiger partial charge >= 0.3 is 5.82 Å². The van der Waals surface area contributed by atoms with E-state index in [1.165, 1.54) is 6.07 Å². The molecule has 0 atom stereocenters. The van der Waals surface area contributed by atoms with Crippen LogP contribution in [0.4, 0.5) is 5.82 Å². The van der Waals surface area contributed by atoms with Crippen molar-refractivity contribution in [3.8, 4) is 0 Å². The highest BCUT2D eigenvalue weighted by molar-refractivity contribution is 5.13. The molecule has 0 aliphatic carbocycles. The molecule has 1 aromatic heterocycles. The predicted octanol–water partition coefficient (Wildman–Crippen LogP) is 0.401. The highest BCUT2D eigenvalue weighted by Crippen LogP contribution is 2.04. The molecule has 6 nitrogen and oxygen atoms in total. The zero-order valence-electron chi connectivity index (χ0n) is 7.43. The van der Waals surface area contributed by atoms with Gasteiger partial charge in [0.2, 0.25) is 0 Å². The van der Waals surface area contributed by atoms with E-state index in [-0.39, 0.29) is 5.82 Å². The van der Waals surface area contributed by atoms with Crippen LogP contribution in [0.5, 0.6) is 0 Å². The summed E-state index contributed by atoms with van der Waals surface area (Å²) in [4.78, 5) is 9.76. The van der Waals surface area contributed by atoms with Gasteiger partial charge in [-0.05, 0) is 11.5 Å². The smallest absolute Gasteiger partial charge is 0.358 e. The molecule has 0 amide bonds. The van der Waals surface area contributed by atoms with E-state index in [0.29, 0.717) is 6.54 Å². The number of aromatic nitrogens is 2. The number of nitrogens with zero attached hydrogens (tertiary/aromatic N) is 3. The minimum Gasteiger partial charge on any atom is -0.358 e. The fraction of sp³-hybridized carbons (Fsp3) is 0.571. The Balaban J connectivity index is 2.44. The van der Waals surface area contributed by atoms with Gasteiger partial charge in [0.15, 0.2) is 0 Å². The molecule has 0 bridgehead atoms. The van der Waals surface area contributed by atoms with E-state index >= 15 is 0 Å². The number of rotatable bonds is 5. The molecule has 72 valence electrons. The Labute approximate surface area is 75.7 Å². The van der Waals surface area contributed by atoms with Gasteiger partial charge in [-0.15, -0.1) is 0 Å². The molecule has 0 saturated carbocycles. The predicted molar refractivity (Wildman–Crippen MR) is 47.4 cm³/mol. The van der Waals surface area contributed by atoms with Crippen LogP contribution in [0, 0.1) is 10.1 Å². The average Bonchev–Trinajstić information content (AvgIpc) is 2.53. The van der Waals surface area contributed by atoms with Crippen LogP contribution in [0.25, 0.3) is 0 Å². The second-order valence-corrected chi connectivity index (χ2v) is 2.55. The Hall–Kier alpha value is -1.43. The standard InChI is InChI=1S/C7H12N4O2/c1-2-8-4-6-10-5-3-7(9-10)11(12)13/h3,5,8H,2,4,6H2,1H3. The first-order chi connectivity index (χ1) is 6.24. The number of nitrogens with one attached hydrogen (secondary N) is 1. The van der Waals surface area contributed by atoms with Gasteiger partial charge in [-0.25, -0.2) is 0 Å². The lowest BCUT2D eigenvalue weighted by atomic mass is 10.6. The molecule has 0 spiro atoms. The Morgan fingerprint density at radius 3 is 3.08 bits per heavy atom. The van der Waals surface area contributed by atoms with E-state index in [2.05, 4.69) is 10.4 Å². The largest absolute Gasteiger partial charge is 0.389 e. The maximum atomic E-state index is 10.3. The molecule has 0 fully saturated rings. The molecule has 1 heterocycles. The number of likely N-dealkylation sites (N-methyl/N-ethyl adjacent to an activating group) is 1. The van der Waals surface area contributed by atoms with Crippen LogP contribution < -0.4 is 5.32 Å². The topological polar surface area (TPSA) is 73.0 Å². The number of hydrogen-bond acceptors (Lipinski definition) is 4. The van der Waals surface area contributed by atoms with Crippen molar-refractivity contribution in [2.24, 2.45) is 0 Å². The highest BCUT2D eigenvalue weighted by atomic mass is 16.6. The van der Waals surface area contributed by atoms with Gasteiger partial charge in [0, 0.05) is 6.54 Å². The van der Waals surface area contributed by atoms with Crippen molar-refractivity contribution in [1.82, 2.24) is 15.1 Å². The molecular formula is C7H12N4O2. The van der Waals surface area contributed by atoms with Crippen LogP contribution in [0.1, 0.15) is 6.92 Å². The molecule has 1 N–H and O–H groups in total. The number of nitro groups is 1. The molecule has 0 saturated heterocycles. The van der Waals surface area contributed by atoms with Gasteiger partial charge < -0.3 is 15.4 Å². The van der Waals surface area contributed by atoms with Crippen LogP contribution in [0.15, 0.2) is 12.3 Å². The van der Waals surface area contributed by atoms with Crippen LogP contribution in [-0.4, -0.2) is 27.8 Å². The normalized spacial score (nSPS) is 10.2. The molecule has 0 unspecified atom stereocenters. The summed E-state index contributed by atoms with van der Waals surface area (Å²) in [6.07, 6.45) is 1.61. The first-order valence-corrected chi connectivity index (χ1v) is 4.12. The molecule has 1 aromatic rings. The summed E-state index contributed by atoms with van der Waals surface area (Å²) in [6.45, 7) is 4.33. The second kappa shape index (κ2) is 4.56. The molecule has 0 radical (unpaired) electrons. The van der Waals surface area contributed by atoms with Crippen molar-refractivity contribution in [1.29, 1.82) is 0 Å². The fourth-order valence-corrected chi connectivity index (χ4v) is 0.943. The molecule has 0 aromatic carbocycles. The lowest BCUT2D eigenvalue weighted by Crippen LogP contribution is -2.19. The Bertz CT molecular complexity index is 284. The van der Waals surface area contributed by atoms with Crippen molar-refractivity contribution in [3.05, 3.63) is 22.4 Å². The summed E-state index contributed by atoms with van der Waals surface area (Å²) in [7, 11) is 0. The van der Waals surface area contributed by atoms with Crippen LogP contribution in [0.3, 0.4) is 0 Å². The summed E-state index contributed by atoms with van der Waals surface area (Å²) >= 11 is 0. The van der Waals surface area contributed by atoms with Crippen molar-refractivity contribution < 1.29 is 4.92 Å². The molecule has 0 aliphatic rings. The third kappa shape index (κ3) is 2.83. The summed E-state index contributed by atoms with van der Waals surface area (Å²) in [5, 5.41) is 17.1. The first kappa shape index (κ1) is 9.66. The van der Waals surface area contributed by atoms with Crippen LogP contribution >= 0.6 is 0 Å². The Kier molecular flexibility index (Phi) is 3.39. The zero-order chi connectivity index (χ0) is 9.68. The minimum atomic E-state index is -0.496. The van der Waals surface area contributed by atoms with E-state index in [1.807, 2.05) is 6.92 Å². The maximum absolute atomic E-state index is 10.3. The van der Waals surface area contributed by atoms with E-state index in [4.69, 9.17) is 0 Å². The first-order valence-electron chi connectivity index (χ1n) is 4.12. The quantitative estimate of drug-likeness (QED) is 0.408. The van der Waals surface area contributed by atoms with E-state index in [0.717, 1.165) is 13.1 Å². The zero-order valence-corrected chi connectivity index (χ0v) is 7.43. The van der Waals surface area contributed by atoms with Gasteiger partial charge in [0.1, 0.15) is 0 Å². The third-order valence-corrected chi connectivity index (χ3v) is 1.58. The van der Waals surface area contributed by atoms with Crippen LogP contribution in [0.2, 0.25) is 0 Å². The van der Waals surface area contributed by atoms with Gasteiger partial charge in [0.05, 0.1) is 23.9 Å². The number of hydrogen-bond donors (Lipinski definition) is 1. The van der Waals surface area contributed by atoms with Crippen molar-refractivity contribution >= 4 is 5.82 Å². The minimum absolute atomic E-state index is 0.100. The van der Waals surface area contributed by atoms with Gasteiger partial charge in [-0.2, -0.15) is 4.68 Å². The SMILES string of the molecule is CCNCCn1ccc([N+](=O)[O-])n1. The molecular weight excluding hydrogens is 172 g/mol. The molecule has 1 rings (SSSR count). The monoisotopic (exact) mass is 184 g/mol. The fourth-order valence-electron chi connectivity index (χ4n) is 0.943. The summed E-state index contributed by atoms with van der Waals surface area (Å²) < 4.78 is 1.56. The average molecular weight is 184 g/mol. The van der Waals surface area contributed by atoms with Crippen molar-refractivity contribution in [2.75, 3.05) is 13.1 Å². The Morgan fingerprint density at radius 2 is 2.54 bits per heavy atom. The van der Waals surface area contributed by atoms with E-state index in [9.17, 15) is 10.1 Å². The van der Waals surface area contributed by atoms with Gasteiger partial charge in [0.25, 0.3) is 0 Å². The van der Waals surface area contributed by atoms with Crippen LogP contribution in [-0.2, 0) is 6.54 Å². The lowest BCUT2D eigenvalue weighted by Gasteiger charge is -1.97. The summed E-state index contributed by atoms with van der Waals surface area (Å²) in [6, 6.07) is 1.39. The van der Waals surface area contributed by atoms with Gasteiger partial charge in [-0.3, -0.25) is 0 Å². The Morgan fingerprint density at radius 1 is 1.77 bits per heavy atom. The second-order valence-electron chi connectivity index (χ2n) is 2.55. The van der Waals surface area contributed by atoms with Crippen molar-refractivity contribution in [2.45, 2.75) is 13.5 Å². The van der Waals surface area contributed by atoms with E-state index in [1.54, 1.807) is 10.9 Å². The highest BCUT2D eigenvalue weighted by Gasteiger charge is 2.09.